The van der Waals surface area contributed by atoms with Gasteiger partial charge in [-0.15, -0.1) is 0 Å². The molecule has 0 bridgehead atoms. The van der Waals surface area contributed by atoms with E-state index in [1.54, 1.807) is 0 Å². The van der Waals surface area contributed by atoms with Crippen LogP contribution in [0.1, 0.15) is 19.3 Å². The summed E-state index contributed by atoms with van der Waals surface area (Å²) in [6.07, 6.45) is -19.1. The van der Waals surface area contributed by atoms with Crippen molar-refractivity contribution in [3.8, 4) is 12.1 Å². The van der Waals surface area contributed by atoms with Crippen LogP contribution in [-0.2, 0) is 0 Å². The largest absolute Gasteiger partial charge is 0.460 e. The van der Waals surface area contributed by atoms with Gasteiger partial charge in [-0.25, -0.2) is 0 Å². The van der Waals surface area contributed by atoms with E-state index in [1.807, 2.05) is 0 Å². The second-order valence-corrected chi connectivity index (χ2v) is 4.95. The molecule has 0 unspecified atom stereocenters. The van der Waals surface area contributed by atoms with Gasteiger partial charge in [-0.05, 0) is 6.42 Å². The smallest absolute Gasteiger partial charge is 0.200 e. The van der Waals surface area contributed by atoms with Crippen molar-refractivity contribution in [1.29, 1.82) is 10.5 Å². The normalized spacial score (nSPS) is 14.8. The third kappa shape index (κ3) is 4.61. The van der Waals surface area contributed by atoms with Crippen molar-refractivity contribution in [3.63, 3.8) is 0 Å². The molecule has 0 saturated heterocycles. The van der Waals surface area contributed by atoms with Crippen molar-refractivity contribution in [2.45, 2.75) is 49.4 Å². The Morgan fingerprint density at radius 3 is 1.28 bits per heavy atom. The second kappa shape index (κ2) is 6.46. The lowest BCUT2D eigenvalue weighted by atomic mass is 9.78. The molecule has 0 spiro atoms. The molecular formula is C11H6F12N2. The zero-order chi connectivity index (χ0) is 20.5. The Morgan fingerprint density at radius 1 is 0.600 bits per heavy atom. The molecule has 25 heavy (non-hydrogen) atoms. The topological polar surface area (TPSA) is 47.6 Å². The Hall–Kier alpha value is -1.86. The number of alkyl halides is 12. The first kappa shape index (κ1) is 23.1. The lowest BCUT2D eigenvalue weighted by Gasteiger charge is -2.35. The first-order valence-corrected chi connectivity index (χ1v) is 5.88. The van der Waals surface area contributed by atoms with E-state index in [0.717, 1.165) is 0 Å². The summed E-state index contributed by atoms with van der Waals surface area (Å²) in [5.41, 5.74) is -3.57. The maximum absolute atomic E-state index is 13.4. The molecular weight excluding hydrogens is 388 g/mol. The van der Waals surface area contributed by atoms with E-state index in [-0.39, 0.29) is 0 Å². The molecule has 14 heteroatoms. The fraction of sp³-hybridized carbons (Fsp3) is 0.818. The van der Waals surface area contributed by atoms with Gasteiger partial charge >= 0.3 is 30.1 Å². The van der Waals surface area contributed by atoms with Crippen molar-refractivity contribution >= 4 is 0 Å². The molecule has 0 radical (unpaired) electrons. The number of nitriles is 2. The maximum atomic E-state index is 13.4. The first-order chi connectivity index (χ1) is 10.8. The average molecular weight is 394 g/mol. The molecule has 0 amide bonds. The van der Waals surface area contributed by atoms with Gasteiger partial charge in [-0.3, -0.25) is 0 Å². The average Bonchev–Trinajstić information content (AvgIpc) is 2.41. The third-order valence-corrected chi connectivity index (χ3v) is 3.00. The SMILES string of the molecule is N#CC(C#N)(CCC(F)(F)F)CC(F)(F)C(F)(F)C(F)(F)C(F)(F)F. The number of halogens is 12. The van der Waals surface area contributed by atoms with Gasteiger partial charge in [0.2, 0.25) is 0 Å². The van der Waals surface area contributed by atoms with Crippen LogP contribution >= 0.6 is 0 Å². The fourth-order valence-electron chi connectivity index (χ4n) is 1.56. The van der Waals surface area contributed by atoms with E-state index in [4.69, 9.17) is 10.5 Å². The van der Waals surface area contributed by atoms with Crippen LogP contribution in [0.25, 0.3) is 0 Å². The minimum Gasteiger partial charge on any atom is -0.200 e. The first-order valence-electron chi connectivity index (χ1n) is 5.88. The lowest BCUT2D eigenvalue weighted by molar-refractivity contribution is -0.398. The van der Waals surface area contributed by atoms with E-state index >= 15 is 0 Å². The van der Waals surface area contributed by atoms with Crippen LogP contribution in [0.2, 0.25) is 0 Å². The molecule has 0 heterocycles. The summed E-state index contributed by atoms with van der Waals surface area (Å²) in [5.74, 6) is -20.7. The Labute approximate surface area is 131 Å². The predicted molar refractivity (Wildman–Crippen MR) is 54.5 cm³/mol. The van der Waals surface area contributed by atoms with Crippen LogP contribution in [0.4, 0.5) is 52.7 Å². The van der Waals surface area contributed by atoms with Gasteiger partial charge in [-0.1, -0.05) is 0 Å². The standard InChI is InChI=1S/C11H6F12N2/c12-7(13,9(17,18)10(19,20)11(21,22)23)3-6(4-24,5-25)1-2-8(14,15)16/h1-3H2. The Kier molecular flexibility index (Phi) is 5.98. The molecule has 0 rings (SSSR count). The van der Waals surface area contributed by atoms with E-state index in [9.17, 15) is 52.7 Å². The van der Waals surface area contributed by atoms with Crippen LogP contribution in [0.5, 0.6) is 0 Å². The molecule has 0 saturated carbocycles. The van der Waals surface area contributed by atoms with Crippen molar-refractivity contribution in [3.05, 3.63) is 0 Å². The van der Waals surface area contributed by atoms with Crippen LogP contribution in [0.15, 0.2) is 0 Å². The molecule has 0 aliphatic heterocycles. The Morgan fingerprint density at radius 2 is 1.00 bits per heavy atom. The number of rotatable bonds is 6. The van der Waals surface area contributed by atoms with Crippen LogP contribution in [-0.4, -0.2) is 30.1 Å². The van der Waals surface area contributed by atoms with Gasteiger partial charge in [0.1, 0.15) is 5.41 Å². The van der Waals surface area contributed by atoms with Gasteiger partial charge in [0.25, 0.3) is 0 Å². The van der Waals surface area contributed by atoms with E-state index in [1.165, 1.54) is 0 Å². The van der Waals surface area contributed by atoms with E-state index in [0.29, 0.717) is 12.1 Å². The van der Waals surface area contributed by atoms with Crippen LogP contribution in [0.3, 0.4) is 0 Å². The summed E-state index contributed by atoms with van der Waals surface area (Å²) >= 11 is 0. The van der Waals surface area contributed by atoms with Crippen molar-refractivity contribution in [2.75, 3.05) is 0 Å². The molecule has 0 aromatic rings. The summed E-state index contributed by atoms with van der Waals surface area (Å²) in [4.78, 5) is 0. The zero-order valence-corrected chi connectivity index (χ0v) is 11.6. The molecule has 0 atom stereocenters. The number of hydrogen-bond acceptors (Lipinski definition) is 2. The second-order valence-electron chi connectivity index (χ2n) is 4.95. The molecule has 2 nitrogen and oxygen atoms in total. The minimum atomic E-state index is -7.26. The molecule has 0 aliphatic rings. The van der Waals surface area contributed by atoms with Crippen molar-refractivity contribution in [2.24, 2.45) is 5.41 Å². The summed E-state index contributed by atoms with van der Waals surface area (Å²) in [6.45, 7) is 0. The highest BCUT2D eigenvalue weighted by atomic mass is 19.4. The molecule has 0 aromatic carbocycles. The fourth-order valence-corrected chi connectivity index (χ4v) is 1.56. The van der Waals surface area contributed by atoms with Gasteiger partial charge in [0.05, 0.1) is 12.1 Å². The van der Waals surface area contributed by atoms with Gasteiger partial charge in [0.15, 0.2) is 0 Å². The highest BCUT2D eigenvalue weighted by Crippen LogP contribution is 2.56. The summed E-state index contributed by atoms with van der Waals surface area (Å²) in [6, 6.07) is 1.11. The van der Waals surface area contributed by atoms with Crippen LogP contribution < -0.4 is 0 Å². The quantitative estimate of drug-likeness (QED) is 0.580. The minimum absolute atomic E-state index is 0.556. The summed E-state index contributed by atoms with van der Waals surface area (Å²) in [7, 11) is 0. The third-order valence-electron chi connectivity index (χ3n) is 3.00. The molecule has 0 aliphatic carbocycles. The summed E-state index contributed by atoms with van der Waals surface area (Å²) in [5, 5.41) is 17.1. The van der Waals surface area contributed by atoms with Crippen molar-refractivity contribution in [1.82, 2.24) is 0 Å². The van der Waals surface area contributed by atoms with Crippen LogP contribution in [0, 0.1) is 28.1 Å². The monoisotopic (exact) mass is 394 g/mol. The number of hydrogen-bond donors (Lipinski definition) is 0. The van der Waals surface area contributed by atoms with E-state index < -0.39 is 54.8 Å². The molecule has 0 aromatic heterocycles. The predicted octanol–water partition coefficient (Wildman–Crippen LogP) is 5.22. The van der Waals surface area contributed by atoms with E-state index in [2.05, 4.69) is 0 Å². The molecule has 144 valence electrons. The lowest BCUT2D eigenvalue weighted by Crippen LogP contribution is -2.61. The zero-order valence-electron chi connectivity index (χ0n) is 11.6. The summed E-state index contributed by atoms with van der Waals surface area (Å²) < 4.78 is 150. The molecule has 0 fully saturated rings. The van der Waals surface area contributed by atoms with Gasteiger partial charge < -0.3 is 0 Å². The number of nitrogens with zero attached hydrogens (tertiary/aromatic N) is 2. The van der Waals surface area contributed by atoms with Gasteiger partial charge in [0, 0.05) is 12.8 Å². The highest BCUT2D eigenvalue weighted by Gasteiger charge is 2.82. The maximum Gasteiger partial charge on any atom is 0.460 e. The Bertz CT molecular complexity index is 546. The molecule has 0 N–H and O–H groups in total. The Balaban J connectivity index is 5.85. The van der Waals surface area contributed by atoms with Crippen molar-refractivity contribution < 1.29 is 52.7 Å². The van der Waals surface area contributed by atoms with Gasteiger partial charge in [-0.2, -0.15) is 63.2 Å². The highest BCUT2D eigenvalue weighted by molar-refractivity contribution is 5.17.